The zero-order valence-corrected chi connectivity index (χ0v) is 32.7. The van der Waals surface area contributed by atoms with Crippen molar-refractivity contribution in [1.82, 2.24) is 19.8 Å². The fraction of sp³-hybridized carbons (Fsp3) is 0.419. The predicted molar refractivity (Wildman–Crippen MR) is 206 cm³/mol. The fourth-order valence-electron chi connectivity index (χ4n) is 6.87. The summed E-state index contributed by atoms with van der Waals surface area (Å²) in [5.41, 5.74) is 12.8. The van der Waals surface area contributed by atoms with Gasteiger partial charge in [0.1, 0.15) is 0 Å². The van der Waals surface area contributed by atoms with E-state index in [2.05, 4.69) is 181 Å². The molecule has 6 nitrogen and oxygen atoms in total. The quantitative estimate of drug-likeness (QED) is 0.146. The smallest absolute Gasteiger partial charge is 0.479 e. The van der Waals surface area contributed by atoms with Crippen LogP contribution >= 0.6 is 0 Å². The largest absolute Gasteiger partial charge is 2.00 e. The minimum atomic E-state index is 0. The second-order valence-electron chi connectivity index (χ2n) is 15.0. The van der Waals surface area contributed by atoms with Crippen LogP contribution in [0.2, 0.25) is 0 Å². The van der Waals surface area contributed by atoms with Crippen LogP contribution in [0.5, 0.6) is 0 Å². The van der Waals surface area contributed by atoms with Crippen molar-refractivity contribution in [3.8, 4) is 0 Å². The van der Waals surface area contributed by atoms with E-state index in [4.69, 9.17) is 9.97 Å². The van der Waals surface area contributed by atoms with E-state index in [-0.39, 0.29) is 17.1 Å². The van der Waals surface area contributed by atoms with Gasteiger partial charge in [-0.1, -0.05) is 104 Å². The van der Waals surface area contributed by atoms with Crippen LogP contribution in [0, 0.1) is 6.67 Å². The summed E-state index contributed by atoms with van der Waals surface area (Å²) in [5, 5.41) is 0. The summed E-state index contributed by atoms with van der Waals surface area (Å²) in [7, 11) is 4.22. The summed E-state index contributed by atoms with van der Waals surface area (Å²) in [6, 6.07) is 26.1. The van der Waals surface area contributed by atoms with Crippen LogP contribution in [0.3, 0.4) is 0 Å². The Bertz CT molecular complexity index is 1510. The number of hydrogen-bond acceptors (Lipinski definition) is 6. The van der Waals surface area contributed by atoms with Gasteiger partial charge in [-0.05, 0) is 96.7 Å². The van der Waals surface area contributed by atoms with Gasteiger partial charge in [-0.25, -0.2) is 0 Å². The van der Waals surface area contributed by atoms with Gasteiger partial charge in [0.2, 0.25) is 0 Å². The Labute approximate surface area is 313 Å². The summed E-state index contributed by atoms with van der Waals surface area (Å²) in [6.07, 6.45) is 4.43. The van der Waals surface area contributed by atoms with Crippen molar-refractivity contribution in [3.05, 3.63) is 137 Å². The topological polar surface area (TPSA) is 38.7 Å². The van der Waals surface area contributed by atoms with E-state index >= 15 is 0 Å². The molecule has 0 saturated heterocycles. The first-order valence-electron chi connectivity index (χ1n) is 18.0. The monoisotopic (exact) mass is 720 g/mol. The number of anilines is 2. The Balaban J connectivity index is 0.000000234. The molecule has 1 radical (unpaired) electrons. The normalized spacial score (nSPS) is 15.2. The zero-order chi connectivity index (χ0) is 35.2. The second-order valence-corrected chi connectivity index (χ2v) is 15.0. The van der Waals surface area contributed by atoms with Gasteiger partial charge in [0.25, 0.3) is 0 Å². The number of nitrogens with zero attached hydrogens (tertiary/aromatic N) is 6. The molecule has 6 rings (SSSR count). The van der Waals surface area contributed by atoms with E-state index < -0.39 is 0 Å². The summed E-state index contributed by atoms with van der Waals surface area (Å²) in [4.78, 5) is 18.6. The minimum Gasteiger partial charge on any atom is -0.479 e. The Morgan fingerprint density at radius 2 is 0.720 bits per heavy atom. The average molecular weight is 722 g/mol. The summed E-state index contributed by atoms with van der Waals surface area (Å²) < 4.78 is 0. The van der Waals surface area contributed by atoms with E-state index in [0.717, 1.165) is 49.0 Å². The van der Waals surface area contributed by atoms with Crippen LogP contribution in [0.4, 0.5) is 11.4 Å². The maximum absolute atomic E-state index is 4.74. The first kappa shape index (κ1) is 39.3. The van der Waals surface area contributed by atoms with E-state index in [1.807, 2.05) is 0 Å². The van der Waals surface area contributed by atoms with E-state index in [1.165, 1.54) is 33.6 Å². The van der Waals surface area contributed by atoms with Crippen molar-refractivity contribution in [3.63, 3.8) is 0 Å². The van der Waals surface area contributed by atoms with Crippen LogP contribution < -0.4 is 9.80 Å². The number of benzene rings is 2. The molecule has 0 unspecified atom stereocenters. The first-order valence-corrected chi connectivity index (χ1v) is 18.0. The molecule has 50 heavy (non-hydrogen) atoms. The molecule has 0 atom stereocenters. The molecule has 4 aromatic rings. The van der Waals surface area contributed by atoms with Gasteiger partial charge in [0, 0.05) is 37.6 Å². The van der Waals surface area contributed by atoms with Gasteiger partial charge in [-0.15, -0.1) is 6.67 Å². The summed E-state index contributed by atoms with van der Waals surface area (Å²) in [6.45, 7) is 23.9. The van der Waals surface area contributed by atoms with Gasteiger partial charge in [-0.3, -0.25) is 19.8 Å². The van der Waals surface area contributed by atoms with E-state index in [1.54, 1.807) is 0 Å². The molecule has 2 aliphatic heterocycles. The van der Waals surface area contributed by atoms with Crippen molar-refractivity contribution < 1.29 is 17.1 Å². The molecule has 269 valence electrons. The molecule has 0 fully saturated rings. The number of rotatable bonds is 6. The predicted octanol–water partition coefficient (Wildman–Crippen LogP) is 10.1. The van der Waals surface area contributed by atoms with Gasteiger partial charge >= 0.3 is 17.1 Å². The summed E-state index contributed by atoms with van der Waals surface area (Å²) >= 11 is 0. The van der Waals surface area contributed by atoms with Gasteiger partial charge in [0.15, 0.2) is 0 Å². The third-order valence-electron chi connectivity index (χ3n) is 9.29. The van der Waals surface area contributed by atoms with Crippen molar-refractivity contribution in [1.29, 1.82) is 0 Å². The van der Waals surface area contributed by atoms with Crippen LogP contribution in [0.1, 0.15) is 124 Å². The van der Waals surface area contributed by atoms with Crippen molar-refractivity contribution >= 4 is 11.4 Å². The zero-order valence-electron chi connectivity index (χ0n) is 31.8. The van der Waals surface area contributed by atoms with Crippen molar-refractivity contribution in [2.75, 3.05) is 23.9 Å². The third kappa shape index (κ3) is 9.64. The Hall–Kier alpha value is -3.48. The molecule has 0 aliphatic carbocycles. The molecule has 4 heterocycles. The molecular formula is C43H57CuN6+. The first-order chi connectivity index (χ1) is 23.4. The van der Waals surface area contributed by atoms with Crippen LogP contribution in [-0.4, -0.2) is 33.9 Å². The molecule has 2 aromatic carbocycles. The summed E-state index contributed by atoms with van der Waals surface area (Å²) in [5.74, 6) is 1.92. The van der Waals surface area contributed by atoms with E-state index in [0.29, 0.717) is 23.7 Å². The molecule has 0 saturated carbocycles. The third-order valence-corrected chi connectivity index (χ3v) is 9.29. The molecule has 2 aliphatic rings. The standard InChI is InChI=1S/C27H37N2.C16H20N4.Cu/c1-18(2)22-11-9-12-23(19(3)4)26(22)28-15-16-29(17-28)27-24(20(5)6)13-10-14-25(27)21(7)8;1-19-9-13-5-3-7-15(17-13)11-20(2)12-16-8-4-6-14(10-19)18-16;/h9-21H,1-8H3;3-8H,9-12H2,1-2H3;/q-1;;+2. The van der Waals surface area contributed by atoms with Crippen molar-refractivity contribution in [2.24, 2.45) is 0 Å². The molecule has 0 spiro atoms. The molecular weight excluding hydrogens is 664 g/mol. The Kier molecular flexibility index (Phi) is 13.9. The fourth-order valence-corrected chi connectivity index (χ4v) is 6.87. The number of hydrogen-bond donors (Lipinski definition) is 0. The van der Waals surface area contributed by atoms with Crippen LogP contribution in [-0.2, 0) is 43.2 Å². The Morgan fingerprint density at radius 3 is 0.980 bits per heavy atom. The minimum absolute atomic E-state index is 0. The van der Waals surface area contributed by atoms with Gasteiger partial charge in [0.05, 0.1) is 22.8 Å². The second kappa shape index (κ2) is 17.6. The maximum Gasteiger partial charge on any atom is 2.00 e. The molecule has 2 aromatic heterocycles. The van der Waals surface area contributed by atoms with Crippen LogP contribution in [0.15, 0.2) is 85.2 Å². The van der Waals surface area contributed by atoms with Crippen molar-refractivity contribution in [2.45, 2.75) is 105 Å². The number of aromatic nitrogens is 2. The van der Waals surface area contributed by atoms with Crippen LogP contribution in [0.25, 0.3) is 0 Å². The number of pyridine rings is 2. The van der Waals surface area contributed by atoms with Gasteiger partial charge in [-0.2, -0.15) is 0 Å². The number of fused-ring (bicyclic) bond motifs is 4. The SMILES string of the molecule is CC(C)c1cccc(C(C)C)c1N1C=CN(c2c(C(C)C)cccc2C(C)C)[CH-]1.CN1Cc2cccc(n2)CN(C)Cc2cccc(n2)C1.[Cu+2]. The van der Waals surface area contributed by atoms with Gasteiger partial charge < -0.3 is 9.80 Å². The molecule has 7 heteroatoms. The molecule has 4 bridgehead atoms. The van der Waals surface area contributed by atoms with E-state index in [9.17, 15) is 0 Å². The molecule has 0 N–H and O–H groups in total. The molecule has 0 amide bonds. The maximum atomic E-state index is 4.74. The number of para-hydroxylation sites is 2. The average Bonchev–Trinajstić information content (AvgIpc) is 3.54. The Morgan fingerprint density at radius 1 is 0.460 bits per heavy atom.